The molecule has 0 aromatic heterocycles. The molecular formula is C16H16NO5-. The largest absolute Gasteiger partial charge is 0.550 e. The molecule has 0 spiro atoms. The van der Waals surface area contributed by atoms with Crippen LogP contribution in [0.25, 0.3) is 0 Å². The molecule has 3 aliphatic rings. The van der Waals surface area contributed by atoms with Gasteiger partial charge >= 0.3 is 0 Å². The van der Waals surface area contributed by atoms with Gasteiger partial charge in [-0.3, -0.25) is 4.79 Å². The Balaban J connectivity index is 1.53. The zero-order valence-electron chi connectivity index (χ0n) is 11.9. The third-order valence-corrected chi connectivity index (χ3v) is 5.13. The van der Waals surface area contributed by atoms with Gasteiger partial charge < -0.3 is 24.7 Å². The van der Waals surface area contributed by atoms with Crippen molar-refractivity contribution in [3.05, 3.63) is 18.2 Å². The topological polar surface area (TPSA) is 87.7 Å². The minimum absolute atomic E-state index is 0.0857. The zero-order valence-corrected chi connectivity index (χ0v) is 11.9. The highest BCUT2D eigenvalue weighted by atomic mass is 16.7. The molecule has 0 radical (unpaired) electrons. The Kier molecular flexibility index (Phi) is 2.99. The molecule has 2 aliphatic carbocycles. The summed E-state index contributed by atoms with van der Waals surface area (Å²) >= 11 is 0. The predicted molar refractivity (Wildman–Crippen MR) is 74.0 cm³/mol. The predicted octanol–water partition coefficient (Wildman–Crippen LogP) is 0.766. The van der Waals surface area contributed by atoms with E-state index in [0.29, 0.717) is 17.2 Å². The molecule has 6 heteroatoms. The van der Waals surface area contributed by atoms with Gasteiger partial charge in [-0.05, 0) is 43.2 Å². The smallest absolute Gasteiger partial charge is 0.231 e. The van der Waals surface area contributed by atoms with Crippen LogP contribution in [0.4, 0.5) is 5.69 Å². The van der Waals surface area contributed by atoms with Crippen LogP contribution in [0.1, 0.15) is 19.3 Å². The van der Waals surface area contributed by atoms with Gasteiger partial charge in [0.15, 0.2) is 11.5 Å². The first-order chi connectivity index (χ1) is 10.6. The van der Waals surface area contributed by atoms with Gasteiger partial charge in [0.25, 0.3) is 0 Å². The van der Waals surface area contributed by atoms with Crippen molar-refractivity contribution in [3.63, 3.8) is 0 Å². The highest BCUT2D eigenvalue weighted by Crippen LogP contribution is 2.52. The van der Waals surface area contributed by atoms with Crippen molar-refractivity contribution >= 4 is 17.6 Å². The van der Waals surface area contributed by atoms with Crippen LogP contribution in [0.3, 0.4) is 0 Å². The summed E-state index contributed by atoms with van der Waals surface area (Å²) in [5.74, 6) is -1.02. The molecule has 4 rings (SSSR count). The van der Waals surface area contributed by atoms with E-state index in [9.17, 15) is 14.7 Å². The molecule has 4 atom stereocenters. The van der Waals surface area contributed by atoms with E-state index >= 15 is 0 Å². The molecule has 1 aliphatic heterocycles. The van der Waals surface area contributed by atoms with E-state index in [4.69, 9.17) is 9.47 Å². The van der Waals surface area contributed by atoms with E-state index in [2.05, 4.69) is 5.32 Å². The molecule has 2 saturated carbocycles. The van der Waals surface area contributed by atoms with Gasteiger partial charge in [-0.15, -0.1) is 0 Å². The monoisotopic (exact) mass is 302 g/mol. The summed E-state index contributed by atoms with van der Waals surface area (Å²) in [6.45, 7) is 0.172. The lowest BCUT2D eigenvalue weighted by Crippen LogP contribution is -2.43. The number of carbonyl (C=O) groups excluding carboxylic acids is 2. The number of fused-ring (bicyclic) bond motifs is 3. The van der Waals surface area contributed by atoms with E-state index in [-0.39, 0.29) is 24.5 Å². The quantitative estimate of drug-likeness (QED) is 0.891. The summed E-state index contributed by atoms with van der Waals surface area (Å²) in [4.78, 5) is 23.9. The summed E-state index contributed by atoms with van der Waals surface area (Å²) < 4.78 is 10.5. The molecule has 1 aromatic rings. The van der Waals surface area contributed by atoms with Crippen LogP contribution in [0.15, 0.2) is 18.2 Å². The second-order valence-corrected chi connectivity index (χ2v) is 6.26. The molecule has 1 N–H and O–H groups in total. The Morgan fingerprint density at radius 3 is 2.59 bits per heavy atom. The van der Waals surface area contributed by atoms with Crippen LogP contribution < -0.4 is 19.9 Å². The number of rotatable bonds is 3. The highest BCUT2D eigenvalue weighted by Gasteiger charge is 2.51. The Morgan fingerprint density at radius 2 is 1.82 bits per heavy atom. The van der Waals surface area contributed by atoms with Gasteiger partial charge in [0.1, 0.15) is 0 Å². The van der Waals surface area contributed by atoms with E-state index in [1.54, 1.807) is 18.2 Å². The third kappa shape index (κ3) is 2.01. The summed E-state index contributed by atoms with van der Waals surface area (Å²) in [6.07, 6.45) is 2.63. The minimum atomic E-state index is -1.10. The lowest BCUT2D eigenvalue weighted by atomic mass is 9.78. The average molecular weight is 302 g/mol. The summed E-state index contributed by atoms with van der Waals surface area (Å²) in [6, 6.07) is 5.16. The average Bonchev–Trinajstić information content (AvgIpc) is 3.20. The normalized spacial score (nSPS) is 31.3. The number of aliphatic carboxylic acids is 1. The lowest BCUT2D eigenvalue weighted by molar-refractivity contribution is -0.314. The Morgan fingerprint density at radius 1 is 1.09 bits per heavy atom. The van der Waals surface area contributed by atoms with E-state index in [1.165, 1.54) is 0 Å². The number of ether oxygens (including phenoxy) is 2. The summed E-state index contributed by atoms with van der Waals surface area (Å²) in [5.41, 5.74) is 0.592. The molecule has 2 fully saturated rings. The van der Waals surface area contributed by atoms with E-state index < -0.39 is 17.8 Å². The third-order valence-electron chi connectivity index (χ3n) is 5.13. The standard InChI is InChI=1S/C16H17NO5/c18-15(13-8-1-2-9(5-8)14(13)16(19)20)17-10-3-4-11-12(6-10)22-7-21-11/h3-4,6,8-9,13-14H,1-2,5,7H2,(H,17,18)(H,19,20)/p-1/t8-,9-,13+,14-/m0/s1. The maximum Gasteiger partial charge on any atom is 0.231 e. The second kappa shape index (κ2) is 4.90. The van der Waals surface area contributed by atoms with Crippen molar-refractivity contribution in [3.8, 4) is 11.5 Å². The number of carboxylic acid groups (broad SMARTS) is 1. The maximum atomic E-state index is 12.5. The van der Waals surface area contributed by atoms with Crippen molar-refractivity contribution in [2.75, 3.05) is 12.1 Å². The molecule has 2 bridgehead atoms. The molecule has 1 aromatic carbocycles. The van der Waals surface area contributed by atoms with Crippen LogP contribution in [0.2, 0.25) is 0 Å². The number of amides is 1. The second-order valence-electron chi connectivity index (χ2n) is 6.26. The van der Waals surface area contributed by atoms with E-state index in [0.717, 1.165) is 19.3 Å². The number of carboxylic acids is 1. The maximum absolute atomic E-state index is 12.5. The number of carbonyl (C=O) groups is 2. The molecule has 6 nitrogen and oxygen atoms in total. The number of benzene rings is 1. The number of hydrogen-bond acceptors (Lipinski definition) is 5. The van der Waals surface area contributed by atoms with Crippen LogP contribution in [0.5, 0.6) is 11.5 Å². The number of nitrogens with one attached hydrogen (secondary N) is 1. The SMILES string of the molecule is O=C(Nc1ccc2c(c1)OCO2)[C@@H]1[C@H]2CC[C@@H](C2)[C@@H]1C(=O)[O-]. The summed E-state index contributed by atoms with van der Waals surface area (Å²) in [5, 5.41) is 14.2. The highest BCUT2D eigenvalue weighted by molar-refractivity contribution is 5.96. The Hall–Kier alpha value is -2.24. The van der Waals surface area contributed by atoms with Crippen molar-refractivity contribution in [2.45, 2.75) is 19.3 Å². The molecular weight excluding hydrogens is 286 g/mol. The van der Waals surface area contributed by atoms with Crippen LogP contribution >= 0.6 is 0 Å². The molecule has 22 heavy (non-hydrogen) atoms. The Bertz CT molecular complexity index is 643. The lowest BCUT2D eigenvalue weighted by Gasteiger charge is -2.30. The van der Waals surface area contributed by atoms with Crippen molar-refractivity contribution in [1.29, 1.82) is 0 Å². The van der Waals surface area contributed by atoms with Gasteiger partial charge in [0.05, 0.1) is 0 Å². The van der Waals surface area contributed by atoms with E-state index in [1.807, 2.05) is 0 Å². The molecule has 116 valence electrons. The van der Waals surface area contributed by atoms with Gasteiger partial charge in [0.2, 0.25) is 12.7 Å². The first kappa shape index (κ1) is 13.4. The molecule has 1 heterocycles. The van der Waals surface area contributed by atoms with Crippen molar-refractivity contribution in [2.24, 2.45) is 23.7 Å². The zero-order chi connectivity index (χ0) is 15.3. The van der Waals surface area contributed by atoms with Gasteiger partial charge in [-0.25, -0.2) is 0 Å². The van der Waals surface area contributed by atoms with Crippen LogP contribution in [-0.4, -0.2) is 18.7 Å². The first-order valence-corrected chi connectivity index (χ1v) is 7.55. The fraction of sp³-hybridized carbons (Fsp3) is 0.500. The first-order valence-electron chi connectivity index (χ1n) is 7.55. The van der Waals surface area contributed by atoms with Crippen molar-refractivity contribution < 1.29 is 24.2 Å². The van der Waals surface area contributed by atoms with Gasteiger partial charge in [-0.2, -0.15) is 0 Å². The molecule has 0 unspecified atom stereocenters. The number of hydrogen-bond donors (Lipinski definition) is 1. The fourth-order valence-corrected chi connectivity index (χ4v) is 4.21. The minimum Gasteiger partial charge on any atom is -0.550 e. The summed E-state index contributed by atoms with van der Waals surface area (Å²) in [7, 11) is 0. The Labute approximate surface area is 127 Å². The number of anilines is 1. The van der Waals surface area contributed by atoms with Gasteiger partial charge in [-0.1, -0.05) is 0 Å². The van der Waals surface area contributed by atoms with Crippen molar-refractivity contribution in [1.82, 2.24) is 0 Å². The fourth-order valence-electron chi connectivity index (χ4n) is 4.21. The molecule has 1 amide bonds. The van der Waals surface area contributed by atoms with Crippen LogP contribution in [-0.2, 0) is 9.59 Å². The molecule has 0 saturated heterocycles. The van der Waals surface area contributed by atoms with Crippen LogP contribution in [0, 0.1) is 23.7 Å². The van der Waals surface area contributed by atoms with Gasteiger partial charge in [0, 0.05) is 29.6 Å².